The monoisotopic (exact) mass is 339 g/mol. The van der Waals surface area contributed by atoms with Crippen molar-refractivity contribution in [2.24, 2.45) is 22.9 Å². The quantitative estimate of drug-likeness (QED) is 0.432. The van der Waals surface area contributed by atoms with E-state index in [-0.39, 0.29) is 6.03 Å². The molecule has 0 bridgehead atoms. The van der Waals surface area contributed by atoms with Gasteiger partial charge in [0.15, 0.2) is 0 Å². The Labute approximate surface area is 151 Å². The Morgan fingerprint density at radius 2 is 1.88 bits per heavy atom. The summed E-state index contributed by atoms with van der Waals surface area (Å²) >= 11 is 0. The van der Waals surface area contributed by atoms with E-state index < -0.39 is 0 Å². The number of carbonyl (C=O) groups excluding carboxylic acids is 1. The number of hydrogen-bond acceptors (Lipinski definition) is 2. The van der Waals surface area contributed by atoms with E-state index in [4.69, 9.17) is 0 Å². The lowest BCUT2D eigenvalue weighted by molar-refractivity contribution is 0.252. The first-order valence-corrected chi connectivity index (χ1v) is 8.89. The van der Waals surface area contributed by atoms with Crippen molar-refractivity contribution in [1.29, 1.82) is 0 Å². The van der Waals surface area contributed by atoms with E-state index in [1.54, 1.807) is 0 Å². The molecule has 2 amide bonds. The molecule has 4 heteroatoms. The van der Waals surface area contributed by atoms with Gasteiger partial charge in [-0.2, -0.15) is 5.10 Å². The molecule has 134 valence electrons. The number of carbonyl (C=O) groups is 1. The number of hydrazone groups is 1. The van der Waals surface area contributed by atoms with Crippen LogP contribution in [0.1, 0.15) is 41.0 Å². The number of benzene rings is 1. The van der Waals surface area contributed by atoms with Gasteiger partial charge in [0.05, 0.1) is 5.71 Å². The maximum Gasteiger partial charge on any atom is 0.339 e. The first kappa shape index (κ1) is 19.0. The summed E-state index contributed by atoms with van der Waals surface area (Å²) < 4.78 is 0. The minimum Gasteiger partial charge on any atom is -0.307 e. The smallest absolute Gasteiger partial charge is 0.307 e. The molecule has 0 fully saturated rings. The topological polar surface area (TPSA) is 53.5 Å². The SMILES string of the molecule is CC1=C(C)[C@H](C)[C@H](/C=C/C(C)=N/NC(=O)Nc2ccccc2)[C@@H](C)C1. The number of amides is 2. The van der Waals surface area contributed by atoms with Crippen LogP contribution in [0.3, 0.4) is 0 Å². The summed E-state index contributed by atoms with van der Waals surface area (Å²) in [7, 11) is 0. The fourth-order valence-corrected chi connectivity index (χ4v) is 3.41. The highest BCUT2D eigenvalue weighted by Gasteiger charge is 2.28. The fourth-order valence-electron chi connectivity index (χ4n) is 3.41. The van der Waals surface area contributed by atoms with Crippen LogP contribution in [-0.4, -0.2) is 11.7 Å². The molecule has 25 heavy (non-hydrogen) atoms. The Bertz CT molecular complexity index is 688. The average Bonchev–Trinajstić information content (AvgIpc) is 2.59. The number of hydrogen-bond donors (Lipinski definition) is 2. The zero-order valence-corrected chi connectivity index (χ0v) is 15.8. The lowest BCUT2D eigenvalue weighted by Gasteiger charge is -2.34. The summed E-state index contributed by atoms with van der Waals surface area (Å²) in [5, 5.41) is 6.88. The zero-order chi connectivity index (χ0) is 18.4. The van der Waals surface area contributed by atoms with Gasteiger partial charge >= 0.3 is 6.03 Å². The van der Waals surface area contributed by atoms with Gasteiger partial charge in [-0.05, 0) is 63.2 Å². The molecule has 4 nitrogen and oxygen atoms in total. The summed E-state index contributed by atoms with van der Waals surface area (Å²) in [6, 6.07) is 8.98. The minimum absolute atomic E-state index is 0.340. The third kappa shape index (κ3) is 5.31. The molecule has 1 aliphatic rings. The van der Waals surface area contributed by atoms with Crippen molar-refractivity contribution in [3.8, 4) is 0 Å². The highest BCUT2D eigenvalue weighted by Crippen LogP contribution is 2.38. The maximum atomic E-state index is 11.8. The molecule has 0 saturated carbocycles. The van der Waals surface area contributed by atoms with E-state index in [9.17, 15) is 4.79 Å². The van der Waals surface area contributed by atoms with Crippen LogP contribution in [0.15, 0.2) is 58.7 Å². The van der Waals surface area contributed by atoms with Gasteiger partial charge in [-0.1, -0.05) is 49.3 Å². The number of anilines is 1. The largest absolute Gasteiger partial charge is 0.339 e. The average molecular weight is 339 g/mol. The molecule has 1 aromatic rings. The normalized spacial score (nSPS) is 24.5. The van der Waals surface area contributed by atoms with E-state index in [0.717, 1.165) is 17.8 Å². The van der Waals surface area contributed by atoms with Gasteiger partial charge in [0.1, 0.15) is 0 Å². The molecule has 0 aromatic heterocycles. The van der Waals surface area contributed by atoms with Crippen LogP contribution in [0, 0.1) is 17.8 Å². The molecule has 0 aliphatic heterocycles. The Morgan fingerprint density at radius 3 is 2.56 bits per heavy atom. The van der Waals surface area contributed by atoms with Crippen LogP contribution < -0.4 is 10.7 Å². The maximum absolute atomic E-state index is 11.8. The minimum atomic E-state index is -0.340. The summed E-state index contributed by atoms with van der Waals surface area (Å²) in [5.41, 5.74) is 7.08. The predicted molar refractivity (Wildman–Crippen MR) is 106 cm³/mol. The summed E-state index contributed by atoms with van der Waals surface area (Å²) in [4.78, 5) is 11.8. The highest BCUT2D eigenvalue weighted by atomic mass is 16.2. The van der Waals surface area contributed by atoms with Crippen molar-refractivity contribution < 1.29 is 4.79 Å². The lowest BCUT2D eigenvalue weighted by Crippen LogP contribution is -2.25. The van der Waals surface area contributed by atoms with Gasteiger partial charge in [-0.3, -0.25) is 0 Å². The first-order valence-electron chi connectivity index (χ1n) is 8.89. The van der Waals surface area contributed by atoms with Crippen molar-refractivity contribution in [1.82, 2.24) is 5.43 Å². The van der Waals surface area contributed by atoms with E-state index in [1.165, 1.54) is 11.1 Å². The van der Waals surface area contributed by atoms with E-state index in [1.807, 2.05) is 43.3 Å². The van der Waals surface area contributed by atoms with Crippen molar-refractivity contribution in [2.45, 2.75) is 41.0 Å². The van der Waals surface area contributed by atoms with Crippen LogP contribution in [0.2, 0.25) is 0 Å². The molecule has 1 aromatic carbocycles. The summed E-state index contributed by atoms with van der Waals surface area (Å²) in [6.45, 7) is 11.0. The lowest BCUT2D eigenvalue weighted by atomic mass is 9.71. The van der Waals surface area contributed by atoms with Crippen LogP contribution in [-0.2, 0) is 0 Å². The molecule has 0 radical (unpaired) electrons. The van der Waals surface area contributed by atoms with Crippen molar-refractivity contribution in [2.75, 3.05) is 5.32 Å². The molecular weight excluding hydrogens is 310 g/mol. The van der Waals surface area contributed by atoms with Gasteiger partial charge in [-0.15, -0.1) is 0 Å². The first-order chi connectivity index (χ1) is 11.9. The molecule has 2 rings (SSSR count). The molecule has 0 unspecified atom stereocenters. The Kier molecular flexibility index (Phi) is 6.57. The van der Waals surface area contributed by atoms with E-state index in [0.29, 0.717) is 17.8 Å². The van der Waals surface area contributed by atoms with Gasteiger partial charge in [0.25, 0.3) is 0 Å². The second kappa shape index (κ2) is 8.65. The second-order valence-electron chi connectivity index (χ2n) is 7.06. The van der Waals surface area contributed by atoms with Crippen molar-refractivity contribution >= 4 is 17.4 Å². The second-order valence-corrected chi connectivity index (χ2v) is 7.06. The number of allylic oxidation sites excluding steroid dienone is 4. The highest BCUT2D eigenvalue weighted by molar-refractivity contribution is 5.95. The number of urea groups is 1. The number of rotatable bonds is 4. The van der Waals surface area contributed by atoms with Gasteiger partial charge in [0, 0.05) is 5.69 Å². The number of nitrogens with one attached hydrogen (secondary N) is 2. The Morgan fingerprint density at radius 1 is 1.20 bits per heavy atom. The molecule has 0 heterocycles. The summed E-state index contributed by atoms with van der Waals surface area (Å²) in [5.74, 6) is 1.67. The third-order valence-electron chi connectivity index (χ3n) is 5.14. The van der Waals surface area contributed by atoms with E-state index in [2.05, 4.69) is 49.6 Å². The molecule has 3 atom stereocenters. The molecule has 1 aliphatic carbocycles. The predicted octanol–water partition coefficient (Wildman–Crippen LogP) is 5.37. The van der Waals surface area contributed by atoms with E-state index >= 15 is 0 Å². The van der Waals surface area contributed by atoms with Crippen molar-refractivity contribution in [3.63, 3.8) is 0 Å². The number of nitrogens with zero attached hydrogens (tertiary/aromatic N) is 1. The Hall–Kier alpha value is -2.36. The fraction of sp³-hybridized carbons (Fsp3) is 0.429. The summed E-state index contributed by atoms with van der Waals surface area (Å²) in [6.07, 6.45) is 5.40. The molecule has 2 N–H and O–H groups in total. The van der Waals surface area contributed by atoms with Crippen LogP contribution in [0.4, 0.5) is 10.5 Å². The molecule has 0 saturated heterocycles. The molecular formula is C21H29N3O. The third-order valence-corrected chi connectivity index (χ3v) is 5.14. The Balaban J connectivity index is 1.92. The van der Waals surface area contributed by atoms with Crippen LogP contribution in [0.5, 0.6) is 0 Å². The molecule has 0 spiro atoms. The zero-order valence-electron chi connectivity index (χ0n) is 15.8. The van der Waals surface area contributed by atoms with Crippen molar-refractivity contribution in [3.05, 3.63) is 53.6 Å². The van der Waals surface area contributed by atoms with Gasteiger partial charge < -0.3 is 5.32 Å². The van der Waals surface area contributed by atoms with Gasteiger partial charge in [-0.25, -0.2) is 10.2 Å². The van der Waals surface area contributed by atoms with Crippen LogP contribution in [0.25, 0.3) is 0 Å². The van der Waals surface area contributed by atoms with Crippen LogP contribution >= 0.6 is 0 Å². The van der Waals surface area contributed by atoms with Gasteiger partial charge in [0.2, 0.25) is 0 Å². The standard InChI is InChI=1S/C21H29N3O/c1-14-13-15(2)20(18(5)17(14)4)12-11-16(3)23-24-21(25)22-19-9-7-6-8-10-19/h6-12,15,18,20H,13H2,1-5H3,(H2,22,24,25)/b12-11+,23-16+/t15-,18-,20+/m0/s1. The number of para-hydroxylation sites is 1.